The fraction of sp³-hybridized carbons (Fsp3) is 0.500. The molecule has 4 atom stereocenters. The molecule has 5 aliphatic rings. The number of hydrogen-bond acceptors (Lipinski definition) is 6. The molecule has 1 aromatic heterocycles. The first kappa shape index (κ1) is 29.8. The zero-order chi connectivity index (χ0) is 32.1. The molecular formula is C36H42N4O5S. The molecule has 2 amide bonds. The van der Waals surface area contributed by atoms with Gasteiger partial charge < -0.3 is 14.2 Å². The molecule has 4 unspecified atom stereocenters. The van der Waals surface area contributed by atoms with Crippen LogP contribution < -0.4 is 9.46 Å². The number of nitrogens with zero attached hydrogens (tertiary/aromatic N) is 3. The minimum absolute atomic E-state index is 0.0664. The molecule has 3 aliphatic heterocycles. The van der Waals surface area contributed by atoms with Crippen LogP contribution in [0.2, 0.25) is 0 Å². The lowest BCUT2D eigenvalue weighted by atomic mass is 9.81. The zero-order valence-corrected chi connectivity index (χ0v) is 27.7. The number of allylic oxidation sites excluding steroid dienone is 1. The number of aromatic nitrogens is 1. The molecule has 4 heterocycles. The van der Waals surface area contributed by atoms with E-state index in [0.717, 1.165) is 72.1 Å². The van der Waals surface area contributed by atoms with Gasteiger partial charge in [-0.25, -0.2) is 13.1 Å². The van der Waals surface area contributed by atoms with Crippen molar-refractivity contribution in [2.45, 2.75) is 88.9 Å². The van der Waals surface area contributed by atoms with E-state index in [1.54, 1.807) is 13.2 Å². The number of amides is 2. The molecule has 2 aliphatic carbocycles. The van der Waals surface area contributed by atoms with E-state index >= 15 is 0 Å². The Bertz CT molecular complexity index is 1930. The van der Waals surface area contributed by atoms with E-state index in [-0.39, 0.29) is 34.5 Å². The lowest BCUT2D eigenvalue weighted by Gasteiger charge is -2.29. The zero-order valence-electron chi connectivity index (χ0n) is 26.8. The SMILES string of the molecule is C=C(C)S(=O)(=O)NC(=O)c1ccc2c(C3CCCCC3)c3n(c2c1)CC1(C(=O)N2C4CCC2N(C)C4)CC1c1cc(OC)ccc1-3. The molecular weight excluding hydrogens is 600 g/mol. The van der Waals surface area contributed by atoms with Gasteiger partial charge in [0.2, 0.25) is 5.91 Å². The van der Waals surface area contributed by atoms with Gasteiger partial charge in [0, 0.05) is 47.1 Å². The fourth-order valence-corrected chi connectivity index (χ4v) is 9.71. The highest BCUT2D eigenvalue weighted by Gasteiger charge is 2.66. The number of fused-ring (bicyclic) bond motifs is 9. The number of rotatable bonds is 6. The van der Waals surface area contributed by atoms with Gasteiger partial charge in [-0.3, -0.25) is 14.5 Å². The minimum Gasteiger partial charge on any atom is -0.497 e. The van der Waals surface area contributed by atoms with Gasteiger partial charge in [-0.1, -0.05) is 31.9 Å². The minimum atomic E-state index is -3.99. The number of ether oxygens (including phenoxy) is 1. The van der Waals surface area contributed by atoms with Gasteiger partial charge >= 0.3 is 0 Å². The second-order valence-electron chi connectivity index (χ2n) is 14.3. The summed E-state index contributed by atoms with van der Waals surface area (Å²) in [5.74, 6) is 0.755. The number of methoxy groups -OCH3 is 1. The second kappa shape index (κ2) is 10.4. The van der Waals surface area contributed by atoms with E-state index in [4.69, 9.17) is 4.74 Å². The summed E-state index contributed by atoms with van der Waals surface area (Å²) in [7, 11) is -0.183. The molecule has 3 aromatic rings. The lowest BCUT2D eigenvalue weighted by Crippen LogP contribution is -2.44. The Labute approximate surface area is 270 Å². The van der Waals surface area contributed by atoms with Crippen molar-refractivity contribution in [2.75, 3.05) is 20.7 Å². The largest absolute Gasteiger partial charge is 0.497 e. The van der Waals surface area contributed by atoms with Gasteiger partial charge in [0.05, 0.1) is 29.3 Å². The number of piperidine rings is 1. The highest BCUT2D eigenvalue weighted by atomic mass is 32.2. The average molecular weight is 643 g/mol. The lowest BCUT2D eigenvalue weighted by molar-refractivity contribution is -0.140. The number of likely N-dealkylation sites (tertiary alicyclic amines) is 1. The molecule has 4 fully saturated rings. The average Bonchev–Trinajstić information content (AvgIpc) is 3.36. The van der Waals surface area contributed by atoms with Crippen LogP contribution in [0.1, 0.15) is 91.6 Å². The highest BCUT2D eigenvalue weighted by Crippen LogP contribution is 2.67. The molecule has 2 aromatic carbocycles. The fourth-order valence-electron chi connectivity index (χ4n) is 9.18. The van der Waals surface area contributed by atoms with Gasteiger partial charge in [0.1, 0.15) is 5.75 Å². The van der Waals surface area contributed by atoms with Crippen molar-refractivity contribution in [3.63, 3.8) is 0 Å². The van der Waals surface area contributed by atoms with Crippen LogP contribution in [0.5, 0.6) is 5.75 Å². The monoisotopic (exact) mass is 642 g/mol. The number of nitrogens with one attached hydrogen (secondary N) is 1. The number of benzene rings is 2. The van der Waals surface area contributed by atoms with E-state index in [0.29, 0.717) is 12.5 Å². The van der Waals surface area contributed by atoms with Gasteiger partial charge in [-0.2, -0.15) is 0 Å². The molecule has 2 saturated heterocycles. The smallest absolute Gasteiger partial charge is 0.265 e. The third-order valence-corrected chi connectivity index (χ3v) is 13.0. The van der Waals surface area contributed by atoms with E-state index in [9.17, 15) is 18.0 Å². The summed E-state index contributed by atoms with van der Waals surface area (Å²) < 4.78 is 35.3. The van der Waals surface area contributed by atoms with Crippen LogP contribution in [-0.4, -0.2) is 67.5 Å². The van der Waals surface area contributed by atoms with Crippen LogP contribution in [0.15, 0.2) is 47.9 Å². The first-order valence-corrected chi connectivity index (χ1v) is 18.1. The third-order valence-electron chi connectivity index (χ3n) is 11.6. The topological polar surface area (TPSA) is 101 Å². The Kier molecular flexibility index (Phi) is 6.75. The van der Waals surface area contributed by atoms with E-state index < -0.39 is 21.3 Å². The van der Waals surface area contributed by atoms with Crippen molar-refractivity contribution in [3.05, 3.63) is 64.6 Å². The van der Waals surface area contributed by atoms with Crippen molar-refractivity contribution in [1.29, 1.82) is 0 Å². The second-order valence-corrected chi connectivity index (χ2v) is 16.2. The maximum absolute atomic E-state index is 14.9. The maximum Gasteiger partial charge on any atom is 0.265 e. The van der Waals surface area contributed by atoms with Crippen LogP contribution in [0.3, 0.4) is 0 Å². The van der Waals surface area contributed by atoms with Crippen molar-refractivity contribution in [3.8, 4) is 17.0 Å². The maximum atomic E-state index is 14.9. The summed E-state index contributed by atoms with van der Waals surface area (Å²) >= 11 is 0. The standard InChI is InChI=1S/C36H42N4O5S/c1-21(2)46(43,44)37-34(41)23-10-13-27-30(16-23)39-20-36(35(42)40-24-11-15-31(40)38(3)19-24)18-29(36)28-17-25(45-4)12-14-26(28)33(39)32(27)22-8-6-5-7-9-22/h10,12-14,16-17,22,24,29,31H,1,5-9,11,15,18-20H2,2-4H3,(H,37,41). The Hall–Kier alpha value is -3.63. The Balaban J connectivity index is 1.34. The molecule has 0 spiro atoms. The van der Waals surface area contributed by atoms with Crippen molar-refractivity contribution >= 4 is 32.7 Å². The molecule has 1 N–H and O–H groups in total. The predicted molar refractivity (Wildman–Crippen MR) is 177 cm³/mol. The molecule has 8 rings (SSSR count). The van der Waals surface area contributed by atoms with Crippen molar-refractivity contribution in [2.24, 2.45) is 5.41 Å². The molecule has 2 bridgehead atoms. The highest BCUT2D eigenvalue weighted by molar-refractivity contribution is 7.93. The summed E-state index contributed by atoms with van der Waals surface area (Å²) in [4.78, 5) is 32.6. The molecule has 0 radical (unpaired) electrons. The van der Waals surface area contributed by atoms with E-state index in [1.807, 2.05) is 18.2 Å². The number of hydrogen-bond donors (Lipinski definition) is 1. The Morgan fingerprint density at radius 2 is 1.83 bits per heavy atom. The Morgan fingerprint density at radius 3 is 2.50 bits per heavy atom. The van der Waals surface area contributed by atoms with Gasteiger partial charge in [-0.15, -0.1) is 0 Å². The van der Waals surface area contributed by atoms with Crippen LogP contribution >= 0.6 is 0 Å². The van der Waals surface area contributed by atoms with Crippen LogP contribution in [0.25, 0.3) is 22.2 Å². The summed E-state index contributed by atoms with van der Waals surface area (Å²) in [5, 5.41) is 1.07. The molecule has 10 heteroatoms. The van der Waals surface area contributed by atoms with E-state index in [2.05, 4.69) is 44.8 Å². The summed E-state index contributed by atoms with van der Waals surface area (Å²) in [6.45, 7) is 6.31. The quantitative estimate of drug-likeness (QED) is 0.370. The van der Waals surface area contributed by atoms with E-state index in [1.165, 1.54) is 31.7 Å². The van der Waals surface area contributed by atoms with Crippen LogP contribution in [0, 0.1) is 5.41 Å². The first-order chi connectivity index (χ1) is 22.0. The first-order valence-electron chi connectivity index (χ1n) is 16.6. The Morgan fingerprint density at radius 1 is 1.04 bits per heavy atom. The normalized spacial score (nSPS) is 27.1. The summed E-state index contributed by atoms with van der Waals surface area (Å²) in [6, 6.07) is 12.1. The van der Waals surface area contributed by atoms with Crippen molar-refractivity contribution < 1.29 is 22.7 Å². The number of carbonyl (C=O) groups excluding carboxylic acids is 2. The number of sulfonamides is 1. The van der Waals surface area contributed by atoms with Gasteiger partial charge in [-0.05, 0) is 93.5 Å². The van der Waals surface area contributed by atoms with Gasteiger partial charge in [0.25, 0.3) is 15.9 Å². The number of carbonyl (C=O) groups is 2. The predicted octanol–water partition coefficient (Wildman–Crippen LogP) is 5.71. The molecule has 242 valence electrons. The molecule has 2 saturated carbocycles. The molecule has 9 nitrogen and oxygen atoms in total. The third kappa shape index (κ3) is 4.32. The summed E-state index contributed by atoms with van der Waals surface area (Å²) in [6.07, 6.45) is 8.71. The van der Waals surface area contributed by atoms with Gasteiger partial charge in [0.15, 0.2) is 0 Å². The summed E-state index contributed by atoms with van der Waals surface area (Å²) in [5.41, 5.74) is 5.25. The van der Waals surface area contributed by atoms with Crippen molar-refractivity contribution in [1.82, 2.24) is 19.1 Å². The molecule has 46 heavy (non-hydrogen) atoms. The van der Waals surface area contributed by atoms with Crippen LogP contribution in [-0.2, 0) is 21.4 Å². The number of likely N-dealkylation sites (N-methyl/N-ethyl adjacent to an activating group) is 1. The van der Waals surface area contributed by atoms with Crippen LogP contribution in [0.4, 0.5) is 0 Å².